The van der Waals surface area contributed by atoms with Crippen LogP contribution < -0.4 is 10.1 Å². The summed E-state index contributed by atoms with van der Waals surface area (Å²) >= 11 is 0. The molecule has 1 N–H and O–H groups in total. The van der Waals surface area contributed by atoms with Gasteiger partial charge in [0.15, 0.2) is 9.84 Å². The summed E-state index contributed by atoms with van der Waals surface area (Å²) < 4.78 is 41.8. The smallest absolute Gasteiger partial charge is 0.179 e. The van der Waals surface area contributed by atoms with E-state index in [2.05, 4.69) is 10.3 Å². The Labute approximate surface area is 129 Å². The van der Waals surface area contributed by atoms with E-state index < -0.39 is 9.84 Å². The van der Waals surface area contributed by atoms with Gasteiger partial charge in [0.05, 0.1) is 6.54 Å². The van der Waals surface area contributed by atoms with E-state index in [1.807, 2.05) is 6.92 Å². The molecule has 1 aromatic carbocycles. The Kier molecular flexibility index (Phi) is 4.97. The summed E-state index contributed by atoms with van der Waals surface area (Å²) in [5.41, 5.74) is 0. The minimum absolute atomic E-state index is 0.143. The highest BCUT2D eigenvalue weighted by molar-refractivity contribution is 7.90. The second kappa shape index (κ2) is 6.74. The lowest BCUT2D eigenvalue weighted by Crippen LogP contribution is -2.23. The van der Waals surface area contributed by atoms with Gasteiger partial charge in [0.2, 0.25) is 0 Å². The van der Waals surface area contributed by atoms with Gasteiger partial charge in [-0.05, 0) is 43.3 Å². The van der Waals surface area contributed by atoms with Gasteiger partial charge in [0.1, 0.15) is 28.4 Å². The summed E-state index contributed by atoms with van der Waals surface area (Å²) in [4.78, 5) is 4.18. The number of nitrogens with zero attached hydrogens (tertiary/aromatic N) is 1. The minimum atomic E-state index is -3.35. The number of anilines is 1. The Morgan fingerprint density at radius 1 is 1.27 bits per heavy atom. The molecule has 0 spiro atoms. The summed E-state index contributed by atoms with van der Waals surface area (Å²) in [5, 5.41) is 2.96. The largest absolute Gasteiger partial charge is 0.489 e. The van der Waals surface area contributed by atoms with Crippen LogP contribution >= 0.6 is 0 Å². The van der Waals surface area contributed by atoms with Crippen molar-refractivity contribution in [3.8, 4) is 5.75 Å². The molecular formula is C15H17FN2O3S. The van der Waals surface area contributed by atoms with Gasteiger partial charge in [-0.15, -0.1) is 0 Å². The first-order valence-corrected chi connectivity index (χ1v) is 8.56. The first kappa shape index (κ1) is 16.2. The molecule has 118 valence electrons. The highest BCUT2D eigenvalue weighted by Crippen LogP contribution is 2.18. The summed E-state index contributed by atoms with van der Waals surface area (Å²) in [6.45, 7) is 2.18. The van der Waals surface area contributed by atoms with Crippen LogP contribution in [0.15, 0.2) is 47.5 Å². The lowest BCUT2D eigenvalue weighted by Gasteiger charge is -2.16. The molecule has 22 heavy (non-hydrogen) atoms. The molecule has 1 atom stereocenters. The molecule has 1 unspecified atom stereocenters. The van der Waals surface area contributed by atoms with E-state index in [-0.39, 0.29) is 16.8 Å². The first-order chi connectivity index (χ1) is 10.4. The lowest BCUT2D eigenvalue weighted by atomic mass is 10.3. The second-order valence-corrected chi connectivity index (χ2v) is 6.87. The zero-order valence-corrected chi connectivity index (χ0v) is 13.1. The van der Waals surface area contributed by atoms with E-state index in [1.165, 1.54) is 36.5 Å². The molecule has 0 saturated heterocycles. The number of nitrogens with one attached hydrogen (secondary N) is 1. The Bertz CT molecular complexity index is 733. The Balaban J connectivity index is 2.00. The molecule has 1 aromatic heterocycles. The molecule has 1 heterocycles. The Morgan fingerprint density at radius 2 is 1.95 bits per heavy atom. The van der Waals surface area contributed by atoms with Crippen LogP contribution in [0.5, 0.6) is 5.75 Å². The summed E-state index contributed by atoms with van der Waals surface area (Å²) in [7, 11) is -3.35. The predicted molar refractivity (Wildman–Crippen MR) is 82.3 cm³/mol. The zero-order chi connectivity index (χ0) is 16.2. The molecule has 0 aliphatic rings. The molecule has 0 aliphatic heterocycles. The quantitative estimate of drug-likeness (QED) is 0.884. The third-order valence-corrected chi connectivity index (χ3v) is 4.01. The fourth-order valence-corrected chi connectivity index (χ4v) is 2.65. The number of halogens is 1. The highest BCUT2D eigenvalue weighted by Gasteiger charge is 2.14. The number of sulfone groups is 1. The van der Waals surface area contributed by atoms with Crippen molar-refractivity contribution in [3.05, 3.63) is 48.4 Å². The van der Waals surface area contributed by atoms with Crippen LogP contribution in [0.3, 0.4) is 0 Å². The molecule has 0 amide bonds. The Hall–Kier alpha value is -2.15. The van der Waals surface area contributed by atoms with Gasteiger partial charge in [-0.3, -0.25) is 0 Å². The number of pyridine rings is 1. The van der Waals surface area contributed by atoms with Gasteiger partial charge in [-0.1, -0.05) is 0 Å². The average Bonchev–Trinajstić information content (AvgIpc) is 2.47. The predicted octanol–water partition coefficient (Wildman–Crippen LogP) is 2.50. The third-order valence-electron chi connectivity index (χ3n) is 2.88. The maximum Gasteiger partial charge on any atom is 0.179 e. The van der Waals surface area contributed by atoms with Crippen molar-refractivity contribution in [2.45, 2.75) is 17.9 Å². The lowest BCUT2D eigenvalue weighted by molar-refractivity contribution is 0.234. The molecule has 0 bridgehead atoms. The van der Waals surface area contributed by atoms with Gasteiger partial charge >= 0.3 is 0 Å². The van der Waals surface area contributed by atoms with E-state index >= 15 is 0 Å². The molecule has 2 rings (SSSR count). The van der Waals surface area contributed by atoms with Crippen LogP contribution in [0.25, 0.3) is 0 Å². The van der Waals surface area contributed by atoms with Crippen molar-refractivity contribution in [1.29, 1.82) is 0 Å². The van der Waals surface area contributed by atoms with Gasteiger partial charge in [0.25, 0.3) is 0 Å². The van der Waals surface area contributed by atoms with E-state index in [4.69, 9.17) is 4.74 Å². The van der Waals surface area contributed by atoms with Crippen LogP contribution in [-0.4, -0.2) is 32.3 Å². The van der Waals surface area contributed by atoms with E-state index in [0.717, 1.165) is 6.26 Å². The SMILES string of the molecule is CC(CNc1ncccc1S(C)(=O)=O)Oc1ccc(F)cc1. The number of ether oxygens (including phenoxy) is 1. The monoisotopic (exact) mass is 324 g/mol. The van der Waals surface area contributed by atoms with Gasteiger partial charge in [0, 0.05) is 12.5 Å². The number of aromatic nitrogens is 1. The highest BCUT2D eigenvalue weighted by atomic mass is 32.2. The summed E-state index contributed by atoms with van der Waals surface area (Å²) in [6.07, 6.45) is 2.40. The van der Waals surface area contributed by atoms with Gasteiger partial charge in [-0.25, -0.2) is 17.8 Å². The number of rotatable bonds is 6. The fourth-order valence-electron chi connectivity index (χ4n) is 1.85. The van der Waals surface area contributed by atoms with Crippen molar-refractivity contribution in [1.82, 2.24) is 4.98 Å². The number of hydrogen-bond donors (Lipinski definition) is 1. The van der Waals surface area contributed by atoms with Crippen molar-refractivity contribution >= 4 is 15.7 Å². The summed E-state index contributed by atoms with van der Waals surface area (Å²) in [5.74, 6) is 0.504. The van der Waals surface area contributed by atoms with E-state index in [0.29, 0.717) is 18.1 Å². The van der Waals surface area contributed by atoms with E-state index in [1.54, 1.807) is 6.07 Å². The molecule has 0 saturated carbocycles. The van der Waals surface area contributed by atoms with Crippen LogP contribution in [0.2, 0.25) is 0 Å². The van der Waals surface area contributed by atoms with E-state index in [9.17, 15) is 12.8 Å². The van der Waals surface area contributed by atoms with Gasteiger partial charge < -0.3 is 10.1 Å². The summed E-state index contributed by atoms with van der Waals surface area (Å²) in [6, 6.07) is 8.77. The maximum absolute atomic E-state index is 12.8. The zero-order valence-electron chi connectivity index (χ0n) is 12.3. The molecule has 5 nitrogen and oxygen atoms in total. The maximum atomic E-state index is 12.8. The molecule has 7 heteroatoms. The van der Waals surface area contributed by atoms with Crippen molar-refractivity contribution in [2.24, 2.45) is 0 Å². The van der Waals surface area contributed by atoms with Crippen molar-refractivity contribution < 1.29 is 17.5 Å². The van der Waals surface area contributed by atoms with Crippen LogP contribution in [0, 0.1) is 5.82 Å². The van der Waals surface area contributed by atoms with Crippen molar-refractivity contribution in [3.63, 3.8) is 0 Å². The first-order valence-electron chi connectivity index (χ1n) is 6.67. The fraction of sp³-hybridized carbons (Fsp3) is 0.267. The number of hydrogen-bond acceptors (Lipinski definition) is 5. The number of benzene rings is 1. The minimum Gasteiger partial charge on any atom is -0.489 e. The molecule has 0 fully saturated rings. The topological polar surface area (TPSA) is 68.3 Å². The van der Waals surface area contributed by atoms with Crippen molar-refractivity contribution in [2.75, 3.05) is 18.1 Å². The van der Waals surface area contributed by atoms with Crippen LogP contribution in [-0.2, 0) is 9.84 Å². The second-order valence-electron chi connectivity index (χ2n) is 4.89. The van der Waals surface area contributed by atoms with Crippen LogP contribution in [0.4, 0.5) is 10.2 Å². The third kappa shape index (κ3) is 4.42. The molecule has 2 aromatic rings. The van der Waals surface area contributed by atoms with Gasteiger partial charge in [-0.2, -0.15) is 0 Å². The molecule has 0 radical (unpaired) electrons. The average molecular weight is 324 g/mol. The molecule has 0 aliphatic carbocycles. The molecular weight excluding hydrogens is 307 g/mol. The Morgan fingerprint density at radius 3 is 2.59 bits per heavy atom. The normalized spacial score (nSPS) is 12.7. The van der Waals surface area contributed by atoms with Crippen LogP contribution in [0.1, 0.15) is 6.92 Å². The standard InChI is InChI=1S/C15H17FN2O3S/c1-11(21-13-7-5-12(16)6-8-13)10-18-15-14(22(2,19)20)4-3-9-17-15/h3-9,11H,10H2,1-2H3,(H,17,18).